The van der Waals surface area contributed by atoms with Gasteiger partial charge in [0, 0.05) is 48.5 Å². The standard InChI is InChI=1S/C7H21N3PS.HI/c1-8(2)11(12-7,9(3)4)10(5)6;/h1-7H3;1H/q+1;/p-1. The van der Waals surface area contributed by atoms with E-state index in [1.165, 1.54) is 0 Å². The Bertz CT molecular complexity index is 122. The van der Waals surface area contributed by atoms with Crippen LogP contribution in [0.25, 0.3) is 0 Å². The smallest absolute Gasteiger partial charge is 0.289 e. The van der Waals surface area contributed by atoms with Gasteiger partial charge in [-0.2, -0.15) is 0 Å². The molecule has 82 valence electrons. The summed E-state index contributed by atoms with van der Waals surface area (Å²) in [6.45, 7) is -1.28. The van der Waals surface area contributed by atoms with Crippen LogP contribution in [0.15, 0.2) is 0 Å². The summed E-state index contributed by atoms with van der Waals surface area (Å²) < 4.78 is 6.95. The lowest BCUT2D eigenvalue weighted by atomic mass is 11.2. The van der Waals surface area contributed by atoms with Gasteiger partial charge in [-0.25, -0.2) is 0 Å². The molecule has 0 atom stereocenters. The number of hydrogen-bond acceptors (Lipinski definition) is 4. The molecule has 0 aliphatic rings. The van der Waals surface area contributed by atoms with Crippen LogP contribution < -0.4 is 24.0 Å². The summed E-state index contributed by atoms with van der Waals surface area (Å²) in [5.41, 5.74) is 0. The molecule has 0 aromatic carbocycles. The van der Waals surface area contributed by atoms with Crippen LogP contribution in [-0.2, 0) is 0 Å². The average Bonchev–Trinajstić information content (AvgIpc) is 1.86. The van der Waals surface area contributed by atoms with E-state index in [1.807, 2.05) is 11.4 Å². The Kier molecular flexibility index (Phi) is 8.79. The van der Waals surface area contributed by atoms with Crippen LogP contribution in [0.2, 0.25) is 0 Å². The summed E-state index contributed by atoms with van der Waals surface area (Å²) in [4.78, 5) is 0. The summed E-state index contributed by atoms with van der Waals surface area (Å²) in [6, 6.07) is 0. The third-order valence-electron chi connectivity index (χ3n) is 1.81. The van der Waals surface area contributed by atoms with E-state index in [0.717, 1.165) is 0 Å². The Labute approximate surface area is 104 Å². The van der Waals surface area contributed by atoms with Crippen LogP contribution in [0, 0.1) is 0 Å². The van der Waals surface area contributed by atoms with Crippen LogP contribution in [-0.4, -0.2) is 62.6 Å². The fourth-order valence-electron chi connectivity index (χ4n) is 1.56. The third-order valence-corrected chi connectivity index (χ3v) is 9.83. The van der Waals surface area contributed by atoms with Gasteiger partial charge in [0.2, 0.25) is 0 Å². The van der Waals surface area contributed by atoms with Gasteiger partial charge < -0.3 is 24.0 Å². The van der Waals surface area contributed by atoms with E-state index in [-0.39, 0.29) is 24.0 Å². The van der Waals surface area contributed by atoms with Crippen molar-refractivity contribution in [1.29, 1.82) is 0 Å². The van der Waals surface area contributed by atoms with Crippen molar-refractivity contribution in [2.45, 2.75) is 0 Å². The molecule has 13 heavy (non-hydrogen) atoms. The van der Waals surface area contributed by atoms with Crippen molar-refractivity contribution in [3.8, 4) is 0 Å². The summed E-state index contributed by atoms with van der Waals surface area (Å²) >= 11 is 1.93. The van der Waals surface area contributed by atoms with E-state index in [4.69, 9.17) is 0 Å². The van der Waals surface area contributed by atoms with Gasteiger partial charge >= 0.3 is 0 Å². The maximum Gasteiger partial charge on any atom is 0.289 e. The minimum absolute atomic E-state index is 0. The molecule has 0 unspecified atom stereocenters. The Balaban J connectivity index is 0. The molecule has 0 saturated carbocycles. The molecule has 3 nitrogen and oxygen atoms in total. The second-order valence-corrected chi connectivity index (χ2v) is 9.59. The van der Waals surface area contributed by atoms with Crippen LogP contribution in [0.5, 0.6) is 0 Å². The monoisotopic (exact) mass is 337 g/mol. The second kappa shape index (κ2) is 6.80. The Hall–Kier alpha value is 1.39. The Morgan fingerprint density at radius 2 is 1.00 bits per heavy atom. The molecule has 0 heterocycles. The van der Waals surface area contributed by atoms with Crippen molar-refractivity contribution >= 4 is 18.3 Å². The first-order valence-corrected chi connectivity index (χ1v) is 7.35. The van der Waals surface area contributed by atoms with E-state index >= 15 is 0 Å². The first-order chi connectivity index (χ1) is 5.39. The molecular weight excluding hydrogens is 316 g/mol. The predicted octanol–water partition coefficient (Wildman–Crippen LogP) is -1.28. The first-order valence-electron chi connectivity index (χ1n) is 3.87. The van der Waals surface area contributed by atoms with E-state index < -0.39 is 6.92 Å². The van der Waals surface area contributed by atoms with E-state index in [1.54, 1.807) is 0 Å². The fourth-order valence-corrected chi connectivity index (χ4v) is 7.63. The van der Waals surface area contributed by atoms with Crippen molar-refractivity contribution in [2.24, 2.45) is 0 Å². The number of hydrogen-bond donors (Lipinski definition) is 0. The van der Waals surface area contributed by atoms with Crippen molar-refractivity contribution in [2.75, 3.05) is 48.5 Å². The molecule has 0 spiro atoms. The van der Waals surface area contributed by atoms with Gasteiger partial charge in [0.15, 0.2) is 0 Å². The molecule has 6 heteroatoms. The highest BCUT2D eigenvalue weighted by atomic mass is 127. The van der Waals surface area contributed by atoms with Crippen molar-refractivity contribution < 1.29 is 24.0 Å². The van der Waals surface area contributed by atoms with Crippen LogP contribution in [0.1, 0.15) is 0 Å². The van der Waals surface area contributed by atoms with Crippen molar-refractivity contribution in [3.05, 3.63) is 0 Å². The highest BCUT2D eigenvalue weighted by molar-refractivity contribution is 8.59. The SMILES string of the molecule is CS[P+](N(C)C)(N(C)C)N(C)C.[I-]. The maximum absolute atomic E-state index is 2.32. The molecule has 0 radical (unpaired) electrons. The zero-order chi connectivity index (χ0) is 9.94. The average molecular weight is 337 g/mol. The molecule has 0 aromatic heterocycles. The van der Waals surface area contributed by atoms with Crippen molar-refractivity contribution in [3.63, 3.8) is 0 Å². The van der Waals surface area contributed by atoms with Crippen molar-refractivity contribution in [1.82, 2.24) is 14.0 Å². The Morgan fingerprint density at radius 3 is 1.00 bits per heavy atom. The predicted molar refractivity (Wildman–Crippen MR) is 61.5 cm³/mol. The van der Waals surface area contributed by atoms with Gasteiger partial charge in [-0.15, -0.1) is 14.0 Å². The lowest BCUT2D eigenvalue weighted by Crippen LogP contribution is -3.00. The van der Waals surface area contributed by atoms with Gasteiger partial charge in [-0.05, 0) is 0 Å². The first kappa shape index (κ1) is 16.8. The second-order valence-electron chi connectivity index (χ2n) is 3.24. The van der Waals surface area contributed by atoms with Gasteiger partial charge in [-0.3, -0.25) is 0 Å². The molecular formula is C7H21IN3PS. The molecule has 0 bridgehead atoms. The molecule has 0 aliphatic heterocycles. The van der Waals surface area contributed by atoms with E-state index in [2.05, 4.69) is 62.6 Å². The van der Waals surface area contributed by atoms with Crippen LogP contribution in [0.4, 0.5) is 0 Å². The number of rotatable bonds is 4. The maximum atomic E-state index is 2.32. The van der Waals surface area contributed by atoms with Gasteiger partial charge in [0.25, 0.3) is 6.92 Å². The van der Waals surface area contributed by atoms with Gasteiger partial charge in [0.1, 0.15) is 0 Å². The van der Waals surface area contributed by atoms with Crippen LogP contribution >= 0.6 is 18.3 Å². The largest absolute Gasteiger partial charge is 1.00 e. The summed E-state index contributed by atoms with van der Waals surface area (Å²) in [5.74, 6) is 0. The molecule has 0 rings (SSSR count). The zero-order valence-corrected chi connectivity index (χ0v) is 13.4. The molecule has 0 saturated heterocycles. The van der Waals surface area contributed by atoms with E-state index in [0.29, 0.717) is 0 Å². The van der Waals surface area contributed by atoms with E-state index in [9.17, 15) is 0 Å². The van der Waals surface area contributed by atoms with Gasteiger partial charge in [0.05, 0.1) is 11.4 Å². The van der Waals surface area contributed by atoms with Gasteiger partial charge in [-0.1, -0.05) is 0 Å². The molecule has 0 fully saturated rings. The number of nitrogens with zero attached hydrogens (tertiary/aromatic N) is 3. The lowest BCUT2D eigenvalue weighted by molar-refractivity contribution is -0.00000280. The summed E-state index contributed by atoms with van der Waals surface area (Å²) in [7, 11) is 12.9. The minimum Gasteiger partial charge on any atom is -1.00 e. The quantitative estimate of drug-likeness (QED) is 0.467. The minimum atomic E-state index is -1.28. The fraction of sp³-hybridized carbons (Fsp3) is 1.00. The molecule has 0 N–H and O–H groups in total. The summed E-state index contributed by atoms with van der Waals surface area (Å²) in [5, 5.41) is 0. The molecule has 0 aliphatic carbocycles. The highest BCUT2D eigenvalue weighted by Crippen LogP contribution is 2.72. The lowest BCUT2D eigenvalue weighted by Gasteiger charge is -2.37. The topological polar surface area (TPSA) is 9.72 Å². The normalized spacial score (nSPS) is 12.5. The van der Waals surface area contributed by atoms with Crippen LogP contribution in [0.3, 0.4) is 0 Å². The third kappa shape index (κ3) is 3.47. The molecule has 0 aromatic rings. The molecule has 0 amide bonds. The zero-order valence-electron chi connectivity index (χ0n) is 9.58. The highest BCUT2D eigenvalue weighted by Gasteiger charge is 2.47. The Morgan fingerprint density at radius 1 is 0.769 bits per heavy atom. The number of halogens is 1. The summed E-state index contributed by atoms with van der Waals surface area (Å²) in [6.07, 6.45) is 2.17.